The Hall–Kier alpha value is -1.21. The number of rotatable bonds is 2. The normalized spacial score (nSPS) is 26.0. The van der Waals surface area contributed by atoms with Crippen LogP contribution in [0.2, 0.25) is 0 Å². The van der Waals surface area contributed by atoms with Crippen LogP contribution in [0, 0.1) is 5.82 Å². The molecule has 3 rings (SSSR count). The predicted molar refractivity (Wildman–Crippen MR) is 83.1 cm³/mol. The average molecular weight is 326 g/mol. The quantitative estimate of drug-likeness (QED) is 0.904. The number of phenolic OH excluding ortho intramolecular Hbond substituents is 1. The lowest BCUT2D eigenvalue weighted by molar-refractivity contribution is 0.417. The zero-order valence-corrected chi connectivity index (χ0v) is 13.2. The van der Waals surface area contributed by atoms with E-state index in [1.807, 2.05) is 23.5 Å². The van der Waals surface area contributed by atoms with Crippen LogP contribution in [-0.2, 0) is 0 Å². The van der Waals surface area contributed by atoms with Gasteiger partial charge in [-0.1, -0.05) is 19.0 Å². The van der Waals surface area contributed by atoms with E-state index < -0.39 is 5.82 Å². The molecule has 1 fully saturated rings. The third-order valence-electron chi connectivity index (χ3n) is 3.47. The largest absolute Gasteiger partial charge is 0.507 e. The van der Waals surface area contributed by atoms with Crippen molar-refractivity contribution in [2.75, 3.05) is 5.75 Å². The number of phenols is 1. The fraction of sp³-hybridized carbons (Fsp3) is 0.429. The summed E-state index contributed by atoms with van der Waals surface area (Å²) in [6.45, 7) is 4.41. The summed E-state index contributed by atoms with van der Waals surface area (Å²) < 4.78 is 18.2. The Morgan fingerprint density at radius 2 is 2.14 bits per heavy atom. The molecule has 0 radical (unpaired) electrons. The van der Waals surface area contributed by atoms with E-state index in [0.717, 1.165) is 11.8 Å². The van der Waals surface area contributed by atoms with Gasteiger partial charge in [-0.2, -0.15) is 16.7 Å². The van der Waals surface area contributed by atoms with Crippen molar-refractivity contribution in [1.29, 1.82) is 0 Å². The summed E-state index contributed by atoms with van der Waals surface area (Å²) in [6.07, 6.45) is 0. The fourth-order valence-corrected chi connectivity index (χ4v) is 4.91. The summed E-state index contributed by atoms with van der Waals surface area (Å²) >= 11 is 3.73. The molecule has 21 heavy (non-hydrogen) atoms. The minimum atomic E-state index is -0.502. The third-order valence-corrected chi connectivity index (χ3v) is 6.86. The first kappa shape index (κ1) is 14.7. The fourth-order valence-electron chi connectivity index (χ4n) is 2.08. The first-order valence-electron chi connectivity index (χ1n) is 6.64. The number of thioether (sulfide) groups is 2. The predicted octanol–water partition coefficient (Wildman–Crippen LogP) is 3.88. The van der Waals surface area contributed by atoms with Crippen molar-refractivity contribution in [2.45, 2.75) is 29.6 Å². The molecule has 0 bridgehead atoms. The lowest BCUT2D eigenvalue weighted by Gasteiger charge is -2.29. The van der Waals surface area contributed by atoms with Gasteiger partial charge in [-0.3, -0.25) is 0 Å². The van der Waals surface area contributed by atoms with Crippen LogP contribution >= 0.6 is 23.5 Å². The summed E-state index contributed by atoms with van der Waals surface area (Å²) in [5, 5.41) is 15.1. The highest BCUT2D eigenvalue weighted by Gasteiger charge is 2.30. The van der Waals surface area contributed by atoms with Crippen molar-refractivity contribution in [1.82, 2.24) is 10.1 Å². The second-order valence-corrected chi connectivity index (χ2v) is 7.98. The van der Waals surface area contributed by atoms with E-state index in [4.69, 9.17) is 4.52 Å². The highest BCUT2D eigenvalue weighted by atomic mass is 32.2. The smallest absolute Gasteiger partial charge is 0.261 e. The topological polar surface area (TPSA) is 59.2 Å². The van der Waals surface area contributed by atoms with Gasteiger partial charge in [0.2, 0.25) is 0 Å². The highest BCUT2D eigenvalue weighted by molar-refractivity contribution is 8.07. The first-order valence-corrected chi connectivity index (χ1v) is 8.63. The van der Waals surface area contributed by atoms with Gasteiger partial charge in [0.05, 0.1) is 10.8 Å². The molecule has 1 aromatic heterocycles. The second kappa shape index (κ2) is 5.88. The molecular weight excluding hydrogens is 311 g/mol. The van der Waals surface area contributed by atoms with Crippen LogP contribution in [0.4, 0.5) is 4.39 Å². The van der Waals surface area contributed by atoms with Gasteiger partial charge in [0, 0.05) is 22.3 Å². The molecule has 3 unspecified atom stereocenters. The summed E-state index contributed by atoms with van der Waals surface area (Å²) in [5.74, 6) is 1.09. The van der Waals surface area contributed by atoms with Crippen LogP contribution in [0.3, 0.4) is 0 Å². The van der Waals surface area contributed by atoms with E-state index in [1.165, 1.54) is 12.1 Å². The van der Waals surface area contributed by atoms with Gasteiger partial charge in [0.15, 0.2) is 5.82 Å². The number of aromatic hydroxyl groups is 1. The zero-order valence-electron chi connectivity index (χ0n) is 11.6. The van der Waals surface area contributed by atoms with Crippen molar-refractivity contribution in [3.8, 4) is 17.2 Å². The number of hydrogen-bond donors (Lipinski definition) is 1. The number of halogens is 1. The molecule has 1 saturated heterocycles. The third kappa shape index (κ3) is 3.03. The molecule has 1 aliphatic heterocycles. The SMILES string of the molecule is CC1SCC(c2noc(-c3ccc(F)cc3O)n2)SC1C. The molecular formula is C14H15FN2O2S2. The number of benzene rings is 1. The Balaban J connectivity index is 1.83. The van der Waals surface area contributed by atoms with E-state index in [0.29, 0.717) is 21.9 Å². The zero-order chi connectivity index (χ0) is 15.0. The first-order chi connectivity index (χ1) is 10.0. The van der Waals surface area contributed by atoms with Gasteiger partial charge < -0.3 is 9.63 Å². The van der Waals surface area contributed by atoms with E-state index in [-0.39, 0.29) is 16.9 Å². The van der Waals surface area contributed by atoms with Gasteiger partial charge in [-0.15, -0.1) is 11.8 Å². The van der Waals surface area contributed by atoms with Crippen LogP contribution in [0.15, 0.2) is 22.7 Å². The van der Waals surface area contributed by atoms with E-state index >= 15 is 0 Å². The van der Waals surface area contributed by atoms with Crippen molar-refractivity contribution in [3.05, 3.63) is 29.8 Å². The summed E-state index contributed by atoms with van der Waals surface area (Å²) in [4.78, 5) is 4.36. The lowest BCUT2D eigenvalue weighted by Crippen LogP contribution is -2.22. The van der Waals surface area contributed by atoms with Crippen LogP contribution in [0.5, 0.6) is 5.75 Å². The molecule has 0 spiro atoms. The molecule has 0 saturated carbocycles. The van der Waals surface area contributed by atoms with Crippen molar-refractivity contribution in [2.24, 2.45) is 0 Å². The Kier molecular flexibility index (Phi) is 4.12. The molecule has 2 heterocycles. The van der Waals surface area contributed by atoms with Crippen molar-refractivity contribution in [3.63, 3.8) is 0 Å². The van der Waals surface area contributed by atoms with Gasteiger partial charge in [0.25, 0.3) is 5.89 Å². The van der Waals surface area contributed by atoms with Crippen molar-refractivity contribution < 1.29 is 14.0 Å². The maximum Gasteiger partial charge on any atom is 0.261 e. The van der Waals surface area contributed by atoms with Crippen LogP contribution in [-0.4, -0.2) is 31.5 Å². The summed E-state index contributed by atoms with van der Waals surface area (Å²) in [6, 6.07) is 3.73. The Morgan fingerprint density at radius 3 is 2.86 bits per heavy atom. The standard InChI is InChI=1S/C14H15FN2O2S2/c1-7-8(2)21-12(6-20-7)13-16-14(19-17-13)10-4-3-9(15)5-11(10)18/h3-5,7-8,12,18H,6H2,1-2H3. The number of nitrogens with zero attached hydrogens (tertiary/aromatic N) is 2. The van der Waals surface area contributed by atoms with Crippen molar-refractivity contribution >= 4 is 23.5 Å². The van der Waals surface area contributed by atoms with Crippen LogP contribution < -0.4 is 0 Å². The van der Waals surface area contributed by atoms with Gasteiger partial charge in [0.1, 0.15) is 11.6 Å². The van der Waals surface area contributed by atoms with E-state index in [1.54, 1.807) is 0 Å². The lowest BCUT2D eigenvalue weighted by atomic mass is 10.2. The minimum Gasteiger partial charge on any atom is -0.507 e. The molecule has 0 aliphatic carbocycles. The maximum atomic E-state index is 13.0. The molecule has 2 aromatic rings. The summed E-state index contributed by atoms with van der Waals surface area (Å²) in [5.41, 5.74) is 0.352. The molecule has 1 N–H and O–H groups in total. The highest BCUT2D eigenvalue weighted by Crippen LogP contribution is 2.43. The minimum absolute atomic E-state index is 0.182. The van der Waals surface area contributed by atoms with Gasteiger partial charge in [-0.25, -0.2) is 4.39 Å². The molecule has 1 aromatic carbocycles. The average Bonchev–Trinajstić information content (AvgIpc) is 2.91. The number of hydrogen-bond acceptors (Lipinski definition) is 6. The Morgan fingerprint density at radius 1 is 1.33 bits per heavy atom. The van der Waals surface area contributed by atoms with Gasteiger partial charge >= 0.3 is 0 Å². The van der Waals surface area contributed by atoms with E-state index in [2.05, 4.69) is 24.0 Å². The molecule has 0 amide bonds. The molecule has 4 nitrogen and oxygen atoms in total. The number of aromatic nitrogens is 2. The van der Waals surface area contributed by atoms with Gasteiger partial charge in [-0.05, 0) is 12.1 Å². The Bertz CT molecular complexity index is 650. The molecule has 1 aliphatic rings. The maximum absolute atomic E-state index is 13.0. The monoisotopic (exact) mass is 326 g/mol. The second-order valence-electron chi connectivity index (χ2n) is 4.99. The molecule has 3 atom stereocenters. The Labute approximate surface area is 130 Å². The molecule has 7 heteroatoms. The summed E-state index contributed by atoms with van der Waals surface area (Å²) in [7, 11) is 0. The van der Waals surface area contributed by atoms with E-state index in [9.17, 15) is 9.50 Å². The van der Waals surface area contributed by atoms with Crippen LogP contribution in [0.1, 0.15) is 24.9 Å². The van der Waals surface area contributed by atoms with Crippen LogP contribution in [0.25, 0.3) is 11.5 Å². The molecule has 112 valence electrons.